The summed E-state index contributed by atoms with van der Waals surface area (Å²) in [6.45, 7) is 1.87. The summed E-state index contributed by atoms with van der Waals surface area (Å²) >= 11 is 0. The third-order valence-corrected chi connectivity index (χ3v) is 3.15. The van der Waals surface area contributed by atoms with Crippen LogP contribution in [0.3, 0.4) is 0 Å². The number of rotatable bonds is 4. The van der Waals surface area contributed by atoms with Gasteiger partial charge in [-0.05, 0) is 37.3 Å². The van der Waals surface area contributed by atoms with Gasteiger partial charge in [-0.25, -0.2) is 4.79 Å². The van der Waals surface area contributed by atoms with Crippen molar-refractivity contribution in [3.05, 3.63) is 53.6 Å². The molecule has 1 unspecified atom stereocenters. The minimum absolute atomic E-state index is 0.0103. The van der Waals surface area contributed by atoms with Crippen LogP contribution in [0, 0.1) is 0 Å². The number of aromatic hydroxyl groups is 2. The molecule has 3 N–H and O–H groups in total. The fourth-order valence-corrected chi connectivity index (χ4v) is 2.08. The molecule has 0 aliphatic rings. The van der Waals surface area contributed by atoms with Crippen LogP contribution in [0.25, 0.3) is 0 Å². The van der Waals surface area contributed by atoms with Gasteiger partial charge in [-0.15, -0.1) is 0 Å². The van der Waals surface area contributed by atoms with Gasteiger partial charge in [0.1, 0.15) is 11.5 Å². The van der Waals surface area contributed by atoms with Crippen LogP contribution in [0.4, 0.5) is 5.69 Å². The topological polar surface area (TPSA) is 78.8 Å². The lowest BCUT2D eigenvalue weighted by molar-refractivity contribution is 0.0601. The molecule has 2 aromatic rings. The first kappa shape index (κ1) is 14.7. The number of benzene rings is 2. The maximum Gasteiger partial charge on any atom is 0.337 e. The average molecular weight is 287 g/mol. The lowest BCUT2D eigenvalue weighted by Gasteiger charge is -2.17. The third-order valence-electron chi connectivity index (χ3n) is 3.15. The molecule has 0 heterocycles. The van der Waals surface area contributed by atoms with Gasteiger partial charge in [0.25, 0.3) is 0 Å². The first-order valence-corrected chi connectivity index (χ1v) is 6.48. The summed E-state index contributed by atoms with van der Waals surface area (Å²) in [5, 5.41) is 22.3. The molecule has 1 atom stereocenters. The molecule has 0 spiro atoms. The fourth-order valence-electron chi connectivity index (χ4n) is 2.08. The van der Waals surface area contributed by atoms with Gasteiger partial charge in [-0.1, -0.05) is 6.07 Å². The molecule has 0 aliphatic heterocycles. The van der Waals surface area contributed by atoms with Gasteiger partial charge in [0, 0.05) is 17.3 Å². The summed E-state index contributed by atoms with van der Waals surface area (Å²) < 4.78 is 4.68. The first-order valence-electron chi connectivity index (χ1n) is 6.48. The van der Waals surface area contributed by atoms with Crippen molar-refractivity contribution in [2.24, 2.45) is 0 Å². The average Bonchev–Trinajstić information content (AvgIpc) is 2.46. The summed E-state index contributed by atoms with van der Waals surface area (Å²) in [6.07, 6.45) is 0. The van der Waals surface area contributed by atoms with Crippen LogP contribution < -0.4 is 5.32 Å². The number of nitrogens with one attached hydrogen (secondary N) is 1. The molecule has 0 fully saturated rings. The summed E-state index contributed by atoms with van der Waals surface area (Å²) in [6, 6.07) is 11.2. The van der Waals surface area contributed by atoms with Crippen LogP contribution in [-0.2, 0) is 4.74 Å². The number of carbonyl (C=O) groups is 1. The number of ether oxygens (including phenoxy) is 1. The zero-order valence-corrected chi connectivity index (χ0v) is 11.8. The van der Waals surface area contributed by atoms with Crippen LogP contribution in [-0.4, -0.2) is 23.3 Å². The molecular weight excluding hydrogens is 270 g/mol. The van der Waals surface area contributed by atoms with Gasteiger partial charge in [-0.2, -0.15) is 0 Å². The fraction of sp³-hybridized carbons (Fsp3) is 0.188. The van der Waals surface area contributed by atoms with Crippen LogP contribution in [0.1, 0.15) is 28.9 Å². The number of hydrogen-bond donors (Lipinski definition) is 3. The molecule has 5 nitrogen and oxygen atoms in total. The van der Waals surface area contributed by atoms with Crippen molar-refractivity contribution in [3.63, 3.8) is 0 Å². The molecule has 0 bridgehead atoms. The predicted molar refractivity (Wildman–Crippen MR) is 79.6 cm³/mol. The molecule has 0 saturated carbocycles. The number of phenols is 2. The Labute approximate surface area is 122 Å². The number of anilines is 1. The smallest absolute Gasteiger partial charge is 0.337 e. The van der Waals surface area contributed by atoms with Crippen LogP contribution in [0.2, 0.25) is 0 Å². The van der Waals surface area contributed by atoms with Gasteiger partial charge in [-0.3, -0.25) is 0 Å². The molecule has 0 aromatic heterocycles. The second-order valence-corrected chi connectivity index (χ2v) is 4.68. The molecule has 0 aliphatic carbocycles. The van der Waals surface area contributed by atoms with Gasteiger partial charge in [0.15, 0.2) is 0 Å². The van der Waals surface area contributed by atoms with Crippen LogP contribution in [0.15, 0.2) is 42.5 Å². The molecule has 110 valence electrons. The second kappa shape index (κ2) is 6.17. The van der Waals surface area contributed by atoms with E-state index in [1.54, 1.807) is 24.3 Å². The second-order valence-electron chi connectivity index (χ2n) is 4.68. The standard InChI is InChI=1S/C16H17NO4/c1-10(14-7-6-13(18)9-15(14)19)17-12-5-3-4-11(8-12)16(20)21-2/h3-10,17-19H,1-2H3. The minimum Gasteiger partial charge on any atom is -0.508 e. The Kier molecular flexibility index (Phi) is 4.33. The Balaban J connectivity index is 2.19. The van der Waals surface area contributed by atoms with Crippen molar-refractivity contribution >= 4 is 11.7 Å². The maximum atomic E-state index is 11.5. The van der Waals surface area contributed by atoms with Gasteiger partial charge >= 0.3 is 5.97 Å². The summed E-state index contributed by atoms with van der Waals surface area (Å²) in [5.41, 5.74) is 1.83. The van der Waals surface area contributed by atoms with Crippen molar-refractivity contribution < 1.29 is 19.7 Å². The molecule has 2 aromatic carbocycles. The third kappa shape index (κ3) is 3.45. The van der Waals surface area contributed by atoms with E-state index in [4.69, 9.17) is 0 Å². The number of methoxy groups -OCH3 is 1. The minimum atomic E-state index is -0.404. The van der Waals surface area contributed by atoms with Crippen molar-refractivity contribution in [3.8, 4) is 11.5 Å². The highest BCUT2D eigenvalue weighted by molar-refractivity contribution is 5.90. The molecule has 2 rings (SSSR count). The Bertz CT molecular complexity index is 654. The van der Waals surface area contributed by atoms with E-state index in [0.717, 1.165) is 5.69 Å². The number of hydrogen-bond acceptors (Lipinski definition) is 5. The Hall–Kier alpha value is -2.69. The van der Waals surface area contributed by atoms with E-state index < -0.39 is 5.97 Å². The van der Waals surface area contributed by atoms with Crippen molar-refractivity contribution in [2.45, 2.75) is 13.0 Å². The van der Waals surface area contributed by atoms with E-state index in [-0.39, 0.29) is 17.5 Å². The summed E-state index contributed by atoms with van der Waals surface area (Å²) in [5.74, 6) is -0.381. The summed E-state index contributed by atoms with van der Waals surface area (Å²) in [7, 11) is 1.33. The van der Waals surface area contributed by atoms with E-state index in [9.17, 15) is 15.0 Å². The van der Waals surface area contributed by atoms with Gasteiger partial charge in [0.2, 0.25) is 0 Å². The largest absolute Gasteiger partial charge is 0.508 e. The lowest BCUT2D eigenvalue weighted by Crippen LogP contribution is -2.08. The van der Waals surface area contributed by atoms with Crippen molar-refractivity contribution in [1.29, 1.82) is 0 Å². The van der Waals surface area contributed by atoms with Crippen LogP contribution in [0.5, 0.6) is 11.5 Å². The van der Waals surface area contributed by atoms with Crippen LogP contribution >= 0.6 is 0 Å². The zero-order valence-electron chi connectivity index (χ0n) is 11.8. The maximum absolute atomic E-state index is 11.5. The van der Waals surface area contributed by atoms with E-state index in [0.29, 0.717) is 11.1 Å². The Morgan fingerprint density at radius 3 is 2.62 bits per heavy atom. The van der Waals surface area contributed by atoms with E-state index in [1.807, 2.05) is 13.0 Å². The van der Waals surface area contributed by atoms with Crippen molar-refractivity contribution in [2.75, 3.05) is 12.4 Å². The van der Waals surface area contributed by atoms with Gasteiger partial charge in [0.05, 0.1) is 18.7 Å². The molecule has 0 radical (unpaired) electrons. The Morgan fingerprint density at radius 2 is 1.95 bits per heavy atom. The van der Waals surface area contributed by atoms with E-state index >= 15 is 0 Å². The Morgan fingerprint density at radius 1 is 1.19 bits per heavy atom. The van der Waals surface area contributed by atoms with E-state index in [1.165, 1.54) is 19.2 Å². The summed E-state index contributed by atoms with van der Waals surface area (Å²) in [4.78, 5) is 11.5. The first-order chi connectivity index (χ1) is 10.0. The molecular formula is C16H17NO4. The quantitative estimate of drug-likeness (QED) is 0.753. The number of carbonyl (C=O) groups excluding carboxylic acids is 1. The molecule has 21 heavy (non-hydrogen) atoms. The van der Waals surface area contributed by atoms with E-state index in [2.05, 4.69) is 10.1 Å². The monoisotopic (exact) mass is 287 g/mol. The highest BCUT2D eigenvalue weighted by atomic mass is 16.5. The zero-order chi connectivity index (χ0) is 15.4. The normalized spacial score (nSPS) is 11.7. The van der Waals surface area contributed by atoms with Gasteiger partial charge < -0.3 is 20.3 Å². The molecule has 0 saturated heterocycles. The molecule has 0 amide bonds. The lowest BCUT2D eigenvalue weighted by atomic mass is 10.1. The predicted octanol–water partition coefficient (Wildman–Crippen LogP) is 3.06. The number of phenolic OH excluding ortho intramolecular Hbond substituents is 2. The number of esters is 1. The highest BCUT2D eigenvalue weighted by Crippen LogP contribution is 2.30. The van der Waals surface area contributed by atoms with Crippen molar-refractivity contribution in [1.82, 2.24) is 0 Å². The SMILES string of the molecule is COC(=O)c1cccc(NC(C)c2ccc(O)cc2O)c1. The molecule has 5 heteroatoms. The highest BCUT2D eigenvalue weighted by Gasteiger charge is 2.12.